The number of piperidine rings is 1. The van der Waals surface area contributed by atoms with Crippen molar-refractivity contribution in [2.45, 2.75) is 31.1 Å². The van der Waals surface area contributed by atoms with E-state index in [1.165, 1.54) is 12.8 Å². The van der Waals surface area contributed by atoms with Crippen LogP contribution < -0.4 is 9.46 Å². The van der Waals surface area contributed by atoms with Crippen molar-refractivity contribution in [1.29, 1.82) is 0 Å². The van der Waals surface area contributed by atoms with Gasteiger partial charge in [-0.15, -0.1) is 0 Å². The lowest BCUT2D eigenvalue weighted by Crippen LogP contribution is -2.35. The van der Waals surface area contributed by atoms with Gasteiger partial charge in [-0.2, -0.15) is 0 Å². The number of halogens is 1. The van der Waals surface area contributed by atoms with Crippen molar-refractivity contribution in [2.75, 3.05) is 33.3 Å². The standard InChI is InChI=1S/C16H25IN2O3S/c1-13-6-10-19(11-7-13)9-3-8-18-23(20,21)14-4-5-16(22-2)15(17)12-14/h4-5,12-13,18H,3,6-11H2,1-2H3. The molecule has 7 heteroatoms. The largest absolute Gasteiger partial charge is 0.496 e. The highest BCUT2D eigenvalue weighted by atomic mass is 127. The minimum Gasteiger partial charge on any atom is -0.496 e. The van der Waals surface area contributed by atoms with Crippen LogP contribution in [0.2, 0.25) is 0 Å². The first-order valence-corrected chi connectivity index (χ1v) is 10.5. The van der Waals surface area contributed by atoms with E-state index in [4.69, 9.17) is 4.74 Å². The lowest BCUT2D eigenvalue weighted by Gasteiger charge is -2.30. The molecule has 1 saturated heterocycles. The van der Waals surface area contributed by atoms with Gasteiger partial charge in [-0.05, 0) is 85.6 Å². The van der Waals surface area contributed by atoms with Crippen molar-refractivity contribution < 1.29 is 13.2 Å². The molecule has 1 fully saturated rings. The molecular formula is C16H25IN2O3S. The Kier molecular flexibility index (Phi) is 7.12. The molecule has 0 unspecified atom stereocenters. The van der Waals surface area contributed by atoms with Crippen LogP contribution in [0.3, 0.4) is 0 Å². The van der Waals surface area contributed by atoms with Gasteiger partial charge in [0.05, 0.1) is 15.6 Å². The molecule has 2 rings (SSSR count). The Balaban J connectivity index is 1.81. The first kappa shape index (κ1) is 19.0. The number of likely N-dealkylation sites (tertiary alicyclic amines) is 1. The van der Waals surface area contributed by atoms with Gasteiger partial charge in [0.25, 0.3) is 0 Å². The van der Waals surface area contributed by atoms with Crippen LogP contribution in [-0.4, -0.2) is 46.6 Å². The van der Waals surface area contributed by atoms with Crippen molar-refractivity contribution in [3.63, 3.8) is 0 Å². The third-order valence-corrected chi connectivity index (χ3v) is 6.55. The fourth-order valence-corrected chi connectivity index (χ4v) is 4.74. The van der Waals surface area contributed by atoms with Crippen molar-refractivity contribution in [3.05, 3.63) is 21.8 Å². The maximum absolute atomic E-state index is 12.3. The number of rotatable bonds is 7. The van der Waals surface area contributed by atoms with Crippen molar-refractivity contribution in [1.82, 2.24) is 9.62 Å². The number of sulfonamides is 1. The van der Waals surface area contributed by atoms with Gasteiger partial charge in [0.15, 0.2) is 0 Å². The van der Waals surface area contributed by atoms with Crippen LogP contribution in [0, 0.1) is 9.49 Å². The molecule has 1 aromatic rings. The van der Waals surface area contributed by atoms with Crippen LogP contribution in [0.15, 0.2) is 23.1 Å². The highest BCUT2D eigenvalue weighted by Gasteiger charge is 2.17. The van der Waals surface area contributed by atoms with E-state index in [9.17, 15) is 8.42 Å². The molecule has 1 aromatic carbocycles. The number of nitrogens with one attached hydrogen (secondary N) is 1. The zero-order valence-corrected chi connectivity index (χ0v) is 16.7. The summed E-state index contributed by atoms with van der Waals surface area (Å²) in [7, 11) is -1.87. The maximum Gasteiger partial charge on any atom is 0.240 e. The molecule has 0 atom stereocenters. The Labute approximate surface area is 153 Å². The smallest absolute Gasteiger partial charge is 0.240 e. The molecule has 0 aromatic heterocycles. The number of ether oxygens (including phenoxy) is 1. The van der Waals surface area contributed by atoms with E-state index in [0.717, 1.165) is 35.5 Å². The Morgan fingerprint density at radius 1 is 1.35 bits per heavy atom. The van der Waals surface area contributed by atoms with E-state index in [2.05, 4.69) is 39.1 Å². The predicted octanol–water partition coefficient (Wildman–Crippen LogP) is 2.70. The molecule has 0 bridgehead atoms. The average Bonchev–Trinajstić information content (AvgIpc) is 2.53. The maximum atomic E-state index is 12.3. The zero-order valence-electron chi connectivity index (χ0n) is 13.7. The van der Waals surface area contributed by atoms with Gasteiger partial charge < -0.3 is 9.64 Å². The van der Waals surface area contributed by atoms with Crippen LogP contribution in [0.4, 0.5) is 0 Å². The van der Waals surface area contributed by atoms with Gasteiger partial charge in [0.2, 0.25) is 10.0 Å². The number of hydrogen-bond acceptors (Lipinski definition) is 4. The van der Waals surface area contributed by atoms with Gasteiger partial charge in [0.1, 0.15) is 5.75 Å². The third kappa shape index (κ3) is 5.58. The molecule has 0 aliphatic carbocycles. The van der Waals surface area contributed by atoms with E-state index in [1.54, 1.807) is 25.3 Å². The Morgan fingerprint density at radius 2 is 2.04 bits per heavy atom. The first-order chi connectivity index (χ1) is 10.9. The summed E-state index contributed by atoms with van der Waals surface area (Å²) in [4.78, 5) is 2.71. The number of hydrogen-bond donors (Lipinski definition) is 1. The summed E-state index contributed by atoms with van der Waals surface area (Å²) in [6.45, 7) is 5.98. The number of nitrogens with zero attached hydrogens (tertiary/aromatic N) is 1. The minimum absolute atomic E-state index is 0.287. The Bertz CT molecular complexity index is 614. The summed E-state index contributed by atoms with van der Waals surface area (Å²) >= 11 is 2.08. The molecule has 1 N–H and O–H groups in total. The molecule has 5 nitrogen and oxygen atoms in total. The minimum atomic E-state index is -3.45. The Morgan fingerprint density at radius 3 is 2.65 bits per heavy atom. The summed E-state index contributed by atoms with van der Waals surface area (Å²) in [6, 6.07) is 4.90. The van der Waals surface area contributed by atoms with Crippen LogP contribution in [0.5, 0.6) is 5.75 Å². The average molecular weight is 452 g/mol. The van der Waals surface area contributed by atoms with Gasteiger partial charge in [0, 0.05) is 6.54 Å². The summed E-state index contributed by atoms with van der Waals surface area (Å²) in [6.07, 6.45) is 3.33. The molecule has 1 heterocycles. The third-order valence-electron chi connectivity index (χ3n) is 4.25. The van der Waals surface area contributed by atoms with E-state index in [-0.39, 0.29) is 4.90 Å². The first-order valence-electron chi connectivity index (χ1n) is 7.98. The normalized spacial score (nSPS) is 17.3. The molecular weight excluding hydrogens is 427 g/mol. The van der Waals surface area contributed by atoms with E-state index >= 15 is 0 Å². The zero-order chi connectivity index (χ0) is 16.9. The van der Waals surface area contributed by atoms with Gasteiger partial charge in [-0.3, -0.25) is 0 Å². The second-order valence-electron chi connectivity index (χ2n) is 6.07. The fraction of sp³-hybridized carbons (Fsp3) is 0.625. The highest BCUT2D eigenvalue weighted by molar-refractivity contribution is 14.1. The summed E-state index contributed by atoms with van der Waals surface area (Å²) in [5.41, 5.74) is 0. The molecule has 23 heavy (non-hydrogen) atoms. The van der Waals surface area contributed by atoms with Gasteiger partial charge in [-0.25, -0.2) is 13.1 Å². The SMILES string of the molecule is COc1ccc(S(=O)(=O)NCCCN2CCC(C)CC2)cc1I. The monoisotopic (exact) mass is 452 g/mol. The molecule has 1 aliphatic rings. The number of methoxy groups -OCH3 is 1. The Hall–Kier alpha value is -0.380. The quantitative estimate of drug-likeness (QED) is 0.511. The van der Waals surface area contributed by atoms with Crippen molar-refractivity contribution in [2.24, 2.45) is 5.92 Å². The van der Waals surface area contributed by atoms with Crippen molar-refractivity contribution >= 4 is 32.6 Å². The van der Waals surface area contributed by atoms with E-state index in [0.29, 0.717) is 12.3 Å². The summed E-state index contributed by atoms with van der Waals surface area (Å²) in [5.74, 6) is 1.51. The van der Waals surface area contributed by atoms with Crippen LogP contribution in [0.1, 0.15) is 26.2 Å². The van der Waals surface area contributed by atoms with Crippen LogP contribution in [-0.2, 0) is 10.0 Å². The van der Waals surface area contributed by atoms with Gasteiger partial charge in [-0.1, -0.05) is 6.92 Å². The molecule has 0 spiro atoms. The molecule has 0 saturated carbocycles. The summed E-state index contributed by atoms with van der Waals surface area (Å²) < 4.78 is 33.3. The highest BCUT2D eigenvalue weighted by Crippen LogP contribution is 2.23. The van der Waals surface area contributed by atoms with Crippen LogP contribution in [0.25, 0.3) is 0 Å². The van der Waals surface area contributed by atoms with E-state index in [1.807, 2.05) is 0 Å². The molecule has 0 amide bonds. The topological polar surface area (TPSA) is 58.6 Å². The molecule has 1 aliphatic heterocycles. The molecule has 130 valence electrons. The summed E-state index contributed by atoms with van der Waals surface area (Å²) in [5, 5.41) is 0. The van der Waals surface area contributed by atoms with E-state index < -0.39 is 10.0 Å². The molecule has 0 radical (unpaired) electrons. The predicted molar refractivity (Wildman–Crippen MR) is 100 cm³/mol. The lowest BCUT2D eigenvalue weighted by molar-refractivity contribution is 0.191. The number of benzene rings is 1. The fourth-order valence-electron chi connectivity index (χ4n) is 2.69. The second kappa shape index (κ2) is 8.64. The van der Waals surface area contributed by atoms with Gasteiger partial charge >= 0.3 is 0 Å². The van der Waals surface area contributed by atoms with Crippen molar-refractivity contribution in [3.8, 4) is 5.75 Å². The lowest BCUT2D eigenvalue weighted by atomic mass is 9.99. The van der Waals surface area contributed by atoms with Crippen LogP contribution >= 0.6 is 22.6 Å². The second-order valence-corrected chi connectivity index (χ2v) is 9.00.